The van der Waals surface area contributed by atoms with Gasteiger partial charge in [0.1, 0.15) is 10.6 Å². The number of anilines is 1. The smallest absolute Gasteiger partial charge is 0.416 e. The van der Waals surface area contributed by atoms with E-state index in [0.29, 0.717) is 15.4 Å². The zero-order valence-corrected chi connectivity index (χ0v) is 22.1. The highest BCUT2D eigenvalue weighted by atomic mass is 32.2. The number of thiazole rings is 1. The van der Waals surface area contributed by atoms with Gasteiger partial charge in [-0.1, -0.05) is 48.4 Å². The van der Waals surface area contributed by atoms with Crippen LogP contribution in [-0.2, 0) is 22.3 Å². The van der Waals surface area contributed by atoms with Crippen LogP contribution in [0, 0.1) is 5.82 Å². The van der Waals surface area contributed by atoms with E-state index in [4.69, 9.17) is 4.74 Å². The van der Waals surface area contributed by atoms with Gasteiger partial charge in [0.2, 0.25) is 0 Å². The van der Waals surface area contributed by atoms with Crippen molar-refractivity contribution in [1.82, 2.24) is 9.88 Å². The quantitative estimate of drug-likeness (QED) is 0.191. The molecule has 0 bridgehead atoms. The fraction of sp³-hybridized carbons (Fsp3) is 0.542. The molecule has 1 fully saturated rings. The van der Waals surface area contributed by atoms with Crippen molar-refractivity contribution in [3.05, 3.63) is 41.3 Å². The van der Waals surface area contributed by atoms with Crippen LogP contribution in [0.3, 0.4) is 0 Å². The Morgan fingerprint density at radius 1 is 1.24 bits per heavy atom. The van der Waals surface area contributed by atoms with Crippen LogP contribution < -0.4 is 5.32 Å². The number of aliphatic carboxylic acids is 1. The molecule has 0 radical (unpaired) electrons. The maximum Gasteiger partial charge on any atom is 0.416 e. The molecule has 1 heterocycles. The first-order valence-electron chi connectivity index (χ1n) is 11.8. The second-order valence-corrected chi connectivity index (χ2v) is 12.1. The van der Waals surface area contributed by atoms with Crippen LogP contribution in [0.2, 0.25) is 0 Å². The Labute approximate surface area is 220 Å². The number of carboxylic acids is 1. The molecule has 1 aromatic carbocycles. The maximum absolute atomic E-state index is 13.3. The van der Waals surface area contributed by atoms with Crippen molar-refractivity contribution in [3.63, 3.8) is 0 Å². The Morgan fingerprint density at radius 3 is 2.59 bits per heavy atom. The first-order chi connectivity index (χ1) is 17.4. The van der Waals surface area contributed by atoms with Gasteiger partial charge in [-0.15, -0.1) is 0 Å². The molecular weight excluding hydrogens is 534 g/mol. The van der Waals surface area contributed by atoms with E-state index in [-0.39, 0.29) is 31.4 Å². The molecule has 1 aromatic heterocycles. The summed E-state index contributed by atoms with van der Waals surface area (Å²) in [6.45, 7) is 2.92. The third-order valence-corrected chi connectivity index (χ3v) is 8.16. The number of ether oxygens (including phenoxy) is 1. The van der Waals surface area contributed by atoms with Crippen LogP contribution in [0.15, 0.2) is 28.6 Å². The molecule has 3 rings (SSSR count). The summed E-state index contributed by atoms with van der Waals surface area (Å²) >= 11 is 2.29. The van der Waals surface area contributed by atoms with Crippen molar-refractivity contribution >= 4 is 40.2 Å². The third-order valence-electron chi connectivity index (χ3n) is 5.96. The molecule has 2 N–H and O–H groups in total. The van der Waals surface area contributed by atoms with Crippen LogP contribution in [0.25, 0.3) is 0 Å². The normalized spacial score (nSPS) is 15.0. The number of aromatic nitrogens is 1. The number of halogens is 4. The summed E-state index contributed by atoms with van der Waals surface area (Å²) in [5.41, 5.74) is -1.27. The first-order valence-corrected chi connectivity index (χ1v) is 13.4. The average Bonchev–Trinajstić information content (AvgIpc) is 3.25. The lowest BCUT2D eigenvalue weighted by molar-refractivity contribution is -0.139. The number of amides is 2. The summed E-state index contributed by atoms with van der Waals surface area (Å²) in [4.78, 5) is 30.3. The lowest BCUT2D eigenvalue weighted by Crippen LogP contribution is -2.45. The van der Waals surface area contributed by atoms with Crippen molar-refractivity contribution in [2.75, 3.05) is 18.5 Å². The molecule has 2 aromatic rings. The Kier molecular flexibility index (Phi) is 9.81. The highest BCUT2D eigenvalue weighted by molar-refractivity contribution is 8.03. The number of hydrogen-bond acceptors (Lipinski definition) is 6. The van der Waals surface area contributed by atoms with Crippen LogP contribution in [-0.4, -0.2) is 50.9 Å². The topological polar surface area (TPSA) is 91.8 Å². The maximum atomic E-state index is 13.3. The molecule has 1 aliphatic rings. The molecule has 0 saturated heterocycles. The van der Waals surface area contributed by atoms with Gasteiger partial charge in [-0.3, -0.25) is 10.1 Å². The van der Waals surface area contributed by atoms with Gasteiger partial charge in [0.25, 0.3) is 0 Å². The summed E-state index contributed by atoms with van der Waals surface area (Å²) in [6, 6.07) is 1.99. The van der Waals surface area contributed by atoms with Crippen molar-refractivity contribution in [1.29, 1.82) is 0 Å². The van der Waals surface area contributed by atoms with Gasteiger partial charge >= 0.3 is 18.2 Å². The molecule has 0 aliphatic heterocycles. The van der Waals surface area contributed by atoms with E-state index < -0.39 is 34.3 Å². The fourth-order valence-corrected chi connectivity index (χ4v) is 6.21. The Morgan fingerprint density at radius 2 is 1.95 bits per heavy atom. The minimum absolute atomic E-state index is 0.00956. The largest absolute Gasteiger partial charge is 0.480 e. The van der Waals surface area contributed by atoms with Gasteiger partial charge in [0.15, 0.2) is 5.13 Å². The number of thioether (sulfide) groups is 1. The molecule has 0 spiro atoms. The number of rotatable bonds is 10. The Hall–Kier alpha value is -2.38. The van der Waals surface area contributed by atoms with Gasteiger partial charge < -0.3 is 14.7 Å². The van der Waals surface area contributed by atoms with Gasteiger partial charge in [-0.05, 0) is 44.4 Å². The molecule has 37 heavy (non-hydrogen) atoms. The fourth-order valence-electron chi connectivity index (χ4n) is 3.95. The summed E-state index contributed by atoms with van der Waals surface area (Å²) in [6.07, 6.45) is 1.39. The minimum Gasteiger partial charge on any atom is -0.480 e. The van der Waals surface area contributed by atoms with Crippen LogP contribution in [0.4, 0.5) is 27.5 Å². The molecule has 1 saturated carbocycles. The SMILES string of the molecule is CC(C)(Sc1cnc(NC(=O)N(CCOCc2ccc(F)cc2C(F)(F)F)C2CCCCC2)s1)C(=O)O. The van der Waals surface area contributed by atoms with Crippen LogP contribution in [0.1, 0.15) is 57.1 Å². The summed E-state index contributed by atoms with van der Waals surface area (Å²) < 4.78 is 58.1. The van der Waals surface area contributed by atoms with E-state index in [9.17, 15) is 32.3 Å². The van der Waals surface area contributed by atoms with E-state index in [1.807, 2.05) is 0 Å². The molecule has 204 valence electrons. The Balaban J connectivity index is 1.62. The number of alkyl halides is 3. The van der Waals surface area contributed by atoms with Crippen molar-refractivity contribution < 1.29 is 37.0 Å². The number of carboxylic acid groups (broad SMARTS) is 1. The molecule has 0 unspecified atom stereocenters. The number of carbonyl (C=O) groups is 2. The molecular formula is C24H29F4N3O4S2. The standard InChI is InChI=1S/C24H29F4N3O4S2/c1-23(2,20(32)33)37-19-13-29-21(36-19)30-22(34)31(17-6-4-3-5-7-17)10-11-35-14-15-8-9-16(25)12-18(15)24(26,27)28/h8-9,12-13,17H,3-7,10-11,14H2,1-2H3,(H,32,33)(H,29,30,34). The summed E-state index contributed by atoms with van der Waals surface area (Å²) in [5.74, 6) is -1.95. The number of nitrogens with one attached hydrogen (secondary N) is 1. The predicted molar refractivity (Wildman–Crippen MR) is 133 cm³/mol. The zero-order chi connectivity index (χ0) is 27.2. The van der Waals surface area contributed by atoms with Gasteiger partial charge in [0, 0.05) is 12.6 Å². The second kappa shape index (κ2) is 12.4. The first kappa shape index (κ1) is 29.2. The molecule has 13 heteroatoms. The van der Waals surface area contributed by atoms with E-state index >= 15 is 0 Å². The van der Waals surface area contributed by atoms with Crippen molar-refractivity contribution in [2.45, 2.75) is 73.7 Å². The van der Waals surface area contributed by atoms with Gasteiger partial charge in [0.05, 0.1) is 29.2 Å². The monoisotopic (exact) mass is 563 g/mol. The summed E-state index contributed by atoms with van der Waals surface area (Å²) in [7, 11) is 0. The average molecular weight is 564 g/mol. The molecule has 1 aliphatic carbocycles. The predicted octanol–water partition coefficient (Wildman–Crippen LogP) is 6.64. The number of carbonyl (C=O) groups excluding carboxylic acids is 1. The number of urea groups is 1. The second-order valence-electron chi connectivity index (χ2n) is 9.17. The highest BCUT2D eigenvalue weighted by Crippen LogP contribution is 2.38. The molecule has 7 nitrogen and oxygen atoms in total. The lowest BCUT2D eigenvalue weighted by atomic mass is 9.94. The molecule has 0 atom stereocenters. The van der Waals surface area contributed by atoms with Gasteiger partial charge in [-0.25, -0.2) is 14.2 Å². The lowest BCUT2D eigenvalue weighted by Gasteiger charge is -2.34. The van der Waals surface area contributed by atoms with E-state index in [2.05, 4.69) is 10.3 Å². The van der Waals surface area contributed by atoms with Crippen molar-refractivity contribution in [3.8, 4) is 0 Å². The highest BCUT2D eigenvalue weighted by Gasteiger charge is 2.34. The number of nitrogens with zero attached hydrogens (tertiary/aromatic N) is 2. The van der Waals surface area contributed by atoms with Crippen molar-refractivity contribution in [2.24, 2.45) is 0 Å². The van der Waals surface area contributed by atoms with Crippen LogP contribution >= 0.6 is 23.1 Å². The van der Waals surface area contributed by atoms with Crippen LogP contribution in [0.5, 0.6) is 0 Å². The zero-order valence-electron chi connectivity index (χ0n) is 20.4. The molecule has 2 amide bonds. The minimum atomic E-state index is -4.71. The third kappa shape index (κ3) is 8.30. The number of hydrogen-bond donors (Lipinski definition) is 2. The Bertz CT molecular complexity index is 1090. The van der Waals surface area contributed by atoms with E-state index in [1.165, 1.54) is 6.20 Å². The van der Waals surface area contributed by atoms with Gasteiger partial charge in [-0.2, -0.15) is 13.2 Å². The number of benzene rings is 1. The van der Waals surface area contributed by atoms with E-state index in [1.54, 1.807) is 18.7 Å². The van der Waals surface area contributed by atoms with E-state index in [0.717, 1.165) is 67.3 Å². The summed E-state index contributed by atoms with van der Waals surface area (Å²) in [5, 5.41) is 12.4.